The number of piperidine rings is 1. The number of carboxylic acids is 1. The maximum absolute atomic E-state index is 11.2. The topological polar surface area (TPSA) is 71.0 Å². The van der Waals surface area contributed by atoms with Gasteiger partial charge in [0.15, 0.2) is 0 Å². The number of rotatable bonds is 7. The van der Waals surface area contributed by atoms with Crippen LogP contribution in [0.4, 0.5) is 5.69 Å². The molecule has 2 aliphatic heterocycles. The summed E-state index contributed by atoms with van der Waals surface area (Å²) in [6, 6.07) is 7.81. The van der Waals surface area contributed by atoms with Gasteiger partial charge in [-0.25, -0.2) is 4.79 Å². The lowest BCUT2D eigenvalue weighted by Gasteiger charge is -2.43. The molecule has 4 atom stereocenters. The summed E-state index contributed by atoms with van der Waals surface area (Å²) >= 11 is 0. The van der Waals surface area contributed by atoms with E-state index in [0.717, 1.165) is 25.1 Å². The van der Waals surface area contributed by atoms with E-state index < -0.39 is 5.97 Å². The van der Waals surface area contributed by atoms with Crippen LogP contribution in [0.3, 0.4) is 0 Å². The van der Waals surface area contributed by atoms with Crippen LogP contribution in [-0.2, 0) is 9.57 Å². The second-order valence-electron chi connectivity index (χ2n) is 12.0. The maximum atomic E-state index is 11.2. The maximum Gasteiger partial charge on any atom is 0.335 e. The molecule has 2 heterocycles. The third-order valence-electron chi connectivity index (χ3n) is 10.2. The van der Waals surface area contributed by atoms with Crippen LogP contribution in [0.25, 0.3) is 0 Å². The number of hydrogen-bond acceptors (Lipinski definition) is 5. The lowest BCUT2D eigenvalue weighted by atomic mass is 9.66. The van der Waals surface area contributed by atoms with Crippen LogP contribution in [0.5, 0.6) is 0 Å². The molecule has 6 nitrogen and oxygen atoms in total. The molecule has 1 spiro atoms. The number of carboxylic acid groups (broad SMARTS) is 1. The van der Waals surface area contributed by atoms with E-state index in [9.17, 15) is 4.79 Å². The van der Waals surface area contributed by atoms with Gasteiger partial charge in [0.25, 0.3) is 0 Å². The average molecular weight is 465 g/mol. The van der Waals surface area contributed by atoms with Gasteiger partial charge >= 0.3 is 5.97 Å². The fourth-order valence-corrected chi connectivity index (χ4v) is 7.86. The Kier molecular flexibility index (Phi) is 4.83. The number of carbonyl (C=O) groups is 1. The number of hydroxylamine groups is 1. The quantitative estimate of drug-likeness (QED) is 0.598. The van der Waals surface area contributed by atoms with E-state index in [1.54, 1.807) is 12.1 Å². The lowest BCUT2D eigenvalue weighted by molar-refractivity contribution is 0.00842. The number of anilines is 1. The smallest absolute Gasteiger partial charge is 0.335 e. The molecule has 34 heavy (non-hydrogen) atoms. The minimum atomic E-state index is -0.870. The number of hydrogen-bond donors (Lipinski definition) is 2. The summed E-state index contributed by atoms with van der Waals surface area (Å²) in [5.41, 5.74) is 7.08. The second-order valence-corrected chi connectivity index (χ2v) is 12.0. The van der Waals surface area contributed by atoms with Crippen LogP contribution in [0.15, 0.2) is 36.1 Å². The van der Waals surface area contributed by atoms with Gasteiger partial charge in [0.2, 0.25) is 0 Å². The van der Waals surface area contributed by atoms with Gasteiger partial charge in [0.05, 0.1) is 23.8 Å². The van der Waals surface area contributed by atoms with Gasteiger partial charge in [0.1, 0.15) is 6.26 Å². The van der Waals surface area contributed by atoms with Crippen molar-refractivity contribution in [2.24, 2.45) is 23.2 Å². The van der Waals surface area contributed by atoms with Crippen molar-refractivity contribution >= 4 is 11.7 Å². The van der Waals surface area contributed by atoms with E-state index in [2.05, 4.69) is 10.4 Å². The molecular formula is C28H36N2O4. The average Bonchev–Trinajstić information content (AvgIpc) is 3.72. The number of fused-ring (bicyclic) bond motifs is 2. The summed E-state index contributed by atoms with van der Waals surface area (Å²) in [5, 5.41) is 9.17. The first kappa shape index (κ1) is 21.3. The minimum Gasteiger partial charge on any atom is -0.478 e. The first-order chi connectivity index (χ1) is 16.6. The predicted octanol–water partition coefficient (Wildman–Crippen LogP) is 4.91. The molecule has 6 heteroatoms. The Bertz CT molecular complexity index is 988. The molecule has 4 aliphatic carbocycles. The van der Waals surface area contributed by atoms with E-state index in [1.807, 2.05) is 18.4 Å². The Labute approximate surface area is 201 Å². The third-order valence-corrected chi connectivity index (χ3v) is 10.2. The van der Waals surface area contributed by atoms with Crippen LogP contribution < -0.4 is 10.4 Å². The van der Waals surface area contributed by atoms with Crippen molar-refractivity contribution in [1.82, 2.24) is 5.48 Å². The van der Waals surface area contributed by atoms with Crippen LogP contribution in [0.2, 0.25) is 0 Å². The predicted molar refractivity (Wildman–Crippen MR) is 128 cm³/mol. The second kappa shape index (κ2) is 7.72. The van der Waals surface area contributed by atoms with E-state index in [0.29, 0.717) is 47.5 Å². The molecule has 4 saturated carbocycles. The molecule has 5 fully saturated rings. The molecule has 0 radical (unpaired) electrons. The van der Waals surface area contributed by atoms with E-state index >= 15 is 0 Å². The Balaban J connectivity index is 0.992. The standard InChI is InChI=1S/C28H36N2O4/c31-26(32)18-1-5-23(6-2-18)30-15-19-13-24(30)14-25(19)33-16-22-17-34-29-28(22,20-3-4-20)21-7-9-27(10-8-21)11-12-27/h1-2,5-6,17,19-21,24-25,29H,3-4,7-16H2,(H,31,32)/t19-,24-,25+,28-/m0/s1. The highest BCUT2D eigenvalue weighted by Gasteiger charge is 2.58. The molecule has 0 amide bonds. The number of nitrogens with zero attached hydrogens (tertiary/aromatic N) is 1. The normalized spacial score (nSPS) is 36.1. The molecule has 2 bridgehead atoms. The first-order valence-corrected chi connectivity index (χ1v) is 13.4. The number of aromatic carboxylic acids is 1. The highest BCUT2D eigenvalue weighted by molar-refractivity contribution is 5.88. The van der Waals surface area contributed by atoms with Gasteiger partial charge in [-0.15, -0.1) is 5.48 Å². The molecule has 0 aromatic heterocycles. The molecule has 2 N–H and O–H groups in total. The Hall–Kier alpha value is -2.05. The summed E-state index contributed by atoms with van der Waals surface area (Å²) in [4.78, 5) is 19.4. The van der Waals surface area contributed by atoms with E-state index in [1.165, 1.54) is 56.9 Å². The summed E-state index contributed by atoms with van der Waals surface area (Å²) in [5.74, 6) is 1.05. The van der Waals surface area contributed by atoms with Gasteiger partial charge in [-0.2, -0.15) is 0 Å². The third kappa shape index (κ3) is 3.40. The van der Waals surface area contributed by atoms with E-state index in [4.69, 9.17) is 14.7 Å². The monoisotopic (exact) mass is 464 g/mol. The Morgan fingerprint density at radius 2 is 1.79 bits per heavy atom. The van der Waals surface area contributed by atoms with Gasteiger partial charge in [0, 0.05) is 29.8 Å². The van der Waals surface area contributed by atoms with Crippen molar-refractivity contribution in [1.29, 1.82) is 0 Å². The number of nitrogens with one attached hydrogen (secondary N) is 1. The highest BCUT2D eigenvalue weighted by atomic mass is 16.6. The summed E-state index contributed by atoms with van der Waals surface area (Å²) in [6.07, 6.45) is 15.5. The first-order valence-electron chi connectivity index (χ1n) is 13.4. The Morgan fingerprint density at radius 1 is 1.06 bits per heavy atom. The fourth-order valence-electron chi connectivity index (χ4n) is 7.86. The Morgan fingerprint density at radius 3 is 2.41 bits per heavy atom. The van der Waals surface area contributed by atoms with Crippen LogP contribution in [0.1, 0.15) is 74.6 Å². The van der Waals surface area contributed by atoms with E-state index in [-0.39, 0.29) is 5.54 Å². The molecule has 0 unspecified atom stereocenters. The zero-order valence-corrected chi connectivity index (χ0v) is 19.9. The minimum absolute atomic E-state index is 0.00599. The lowest BCUT2D eigenvalue weighted by Crippen LogP contribution is -2.53. The molecule has 7 rings (SSSR count). The van der Waals surface area contributed by atoms with Gasteiger partial charge in [-0.05, 0) is 106 Å². The summed E-state index contributed by atoms with van der Waals surface area (Å²) in [7, 11) is 0. The van der Waals surface area contributed by atoms with Gasteiger partial charge in [-0.1, -0.05) is 0 Å². The van der Waals surface area contributed by atoms with Crippen LogP contribution in [-0.4, -0.2) is 41.9 Å². The van der Waals surface area contributed by atoms with Crippen molar-refractivity contribution in [3.63, 3.8) is 0 Å². The molecule has 182 valence electrons. The summed E-state index contributed by atoms with van der Waals surface area (Å²) < 4.78 is 6.64. The van der Waals surface area contributed by atoms with Gasteiger partial charge in [-0.3, -0.25) is 0 Å². The van der Waals surface area contributed by atoms with Gasteiger partial charge < -0.3 is 19.6 Å². The zero-order valence-electron chi connectivity index (χ0n) is 19.9. The molecule has 1 aromatic rings. The SMILES string of the molecule is O=C(O)c1ccc(N2C[C@@H]3C[C@H]2C[C@H]3OCC2=CON[C@@]2(C2CC2)C2CCC3(CC2)CC3)cc1. The summed E-state index contributed by atoms with van der Waals surface area (Å²) in [6.45, 7) is 1.68. The number of ether oxygens (including phenoxy) is 1. The van der Waals surface area contributed by atoms with Crippen molar-refractivity contribution in [3.8, 4) is 0 Å². The van der Waals surface area contributed by atoms with Crippen molar-refractivity contribution in [3.05, 3.63) is 41.7 Å². The van der Waals surface area contributed by atoms with Crippen LogP contribution >= 0.6 is 0 Å². The molecule has 6 aliphatic rings. The molecule has 1 aromatic carbocycles. The van der Waals surface area contributed by atoms with Crippen molar-refractivity contribution in [2.75, 3.05) is 18.1 Å². The van der Waals surface area contributed by atoms with Crippen molar-refractivity contribution < 1.29 is 19.5 Å². The van der Waals surface area contributed by atoms with Crippen LogP contribution in [0, 0.1) is 23.2 Å². The largest absolute Gasteiger partial charge is 0.478 e. The highest BCUT2D eigenvalue weighted by Crippen LogP contribution is 2.61. The van der Waals surface area contributed by atoms with Crippen molar-refractivity contribution in [2.45, 2.75) is 81.9 Å². The number of benzene rings is 1. The molecule has 1 saturated heterocycles. The molecular weight excluding hydrogens is 428 g/mol. The zero-order chi connectivity index (χ0) is 22.9. The fraction of sp³-hybridized carbons (Fsp3) is 0.679.